The van der Waals surface area contributed by atoms with E-state index in [1.54, 1.807) is 18.2 Å². The van der Waals surface area contributed by atoms with Crippen molar-refractivity contribution in [1.29, 1.82) is 0 Å². The van der Waals surface area contributed by atoms with Crippen LogP contribution in [0.15, 0.2) is 53.4 Å². The molecule has 1 fully saturated rings. The second kappa shape index (κ2) is 11.6. The zero-order valence-corrected chi connectivity index (χ0v) is 21.6. The molecule has 1 atom stereocenters. The Morgan fingerprint density at radius 3 is 2.39 bits per heavy atom. The lowest BCUT2D eigenvalue weighted by atomic mass is 9.86. The van der Waals surface area contributed by atoms with E-state index >= 15 is 0 Å². The largest absolute Gasteiger partial charge is 0.573 e. The minimum Gasteiger partial charge on any atom is -0.400 e. The summed E-state index contributed by atoms with van der Waals surface area (Å²) in [5, 5.41) is 4.55. The Hall–Kier alpha value is -2.72. The predicted octanol–water partition coefficient (Wildman–Crippen LogP) is 5.77. The van der Waals surface area contributed by atoms with E-state index in [1.807, 2.05) is 50.2 Å². The number of nitrogens with one attached hydrogen (secondary N) is 2. The number of halogens is 3. The van der Waals surface area contributed by atoms with Gasteiger partial charge in [0, 0.05) is 32.1 Å². The molecule has 0 bridgehead atoms. The van der Waals surface area contributed by atoms with Crippen LogP contribution in [-0.2, 0) is 11.1 Å². The smallest absolute Gasteiger partial charge is 0.400 e. The Morgan fingerprint density at radius 2 is 1.69 bits per heavy atom. The highest BCUT2D eigenvalue weighted by Crippen LogP contribution is 2.32. The molecule has 0 aliphatic heterocycles. The number of benzene rings is 2. The van der Waals surface area contributed by atoms with Gasteiger partial charge in [-0.3, -0.25) is 0 Å². The maximum Gasteiger partial charge on any atom is 0.573 e. The van der Waals surface area contributed by atoms with Gasteiger partial charge in [-0.2, -0.15) is 4.98 Å². The van der Waals surface area contributed by atoms with Crippen LogP contribution in [0.5, 0.6) is 5.75 Å². The number of rotatable bonds is 9. The van der Waals surface area contributed by atoms with Gasteiger partial charge in [0.1, 0.15) is 22.7 Å². The standard InChI is InChI=1S/C26H33F3N5OS/c1-4-36(23-12-8-7-11-22(23)35-26(27,28)29)30-17-18-13-15-19(16-14-18)31-25-32-21-10-6-5-9-20(21)24(33-25)34(2)3/h5-12,18-19,30H,4,13-17H2,1-3H3,(H,31,32,33)/q+1. The molecule has 1 aliphatic rings. The van der Waals surface area contributed by atoms with Crippen molar-refractivity contribution >= 4 is 33.8 Å². The molecular weight excluding hydrogens is 487 g/mol. The predicted molar refractivity (Wildman–Crippen MR) is 141 cm³/mol. The van der Waals surface area contributed by atoms with E-state index in [1.165, 1.54) is 6.07 Å². The zero-order chi connectivity index (χ0) is 25.7. The highest BCUT2D eigenvalue weighted by molar-refractivity contribution is 7.95. The van der Waals surface area contributed by atoms with Gasteiger partial charge in [0.2, 0.25) is 10.8 Å². The lowest BCUT2D eigenvalue weighted by molar-refractivity contribution is -0.275. The number of fused-ring (bicyclic) bond motifs is 1. The highest BCUT2D eigenvalue weighted by Gasteiger charge is 2.36. The average Bonchev–Trinajstić information content (AvgIpc) is 2.85. The van der Waals surface area contributed by atoms with E-state index in [0.29, 0.717) is 28.6 Å². The van der Waals surface area contributed by atoms with Gasteiger partial charge in [-0.15, -0.1) is 17.9 Å². The molecule has 1 aromatic heterocycles. The maximum absolute atomic E-state index is 12.8. The Labute approximate surface area is 213 Å². The van der Waals surface area contributed by atoms with Gasteiger partial charge < -0.3 is 15.0 Å². The summed E-state index contributed by atoms with van der Waals surface area (Å²) in [5.41, 5.74) is 0.915. The number of para-hydroxylation sites is 2. The Balaban J connectivity index is 1.33. The zero-order valence-electron chi connectivity index (χ0n) is 20.8. The molecule has 1 aliphatic carbocycles. The molecule has 0 amide bonds. The van der Waals surface area contributed by atoms with Crippen LogP contribution in [-0.4, -0.2) is 48.8 Å². The first kappa shape index (κ1) is 26.3. The summed E-state index contributed by atoms with van der Waals surface area (Å²) >= 11 is -0.519. The molecule has 36 heavy (non-hydrogen) atoms. The molecular formula is C26H33F3N5OS+. The number of hydrogen-bond acceptors (Lipinski definition) is 6. The van der Waals surface area contributed by atoms with Gasteiger partial charge in [0.05, 0.1) is 5.52 Å². The molecule has 10 heteroatoms. The van der Waals surface area contributed by atoms with Gasteiger partial charge in [0.15, 0.2) is 5.75 Å². The van der Waals surface area contributed by atoms with Crippen molar-refractivity contribution in [2.24, 2.45) is 5.92 Å². The topological polar surface area (TPSA) is 62.3 Å². The van der Waals surface area contributed by atoms with Gasteiger partial charge in [0.25, 0.3) is 0 Å². The molecule has 2 aromatic carbocycles. The van der Waals surface area contributed by atoms with E-state index in [4.69, 9.17) is 9.97 Å². The fourth-order valence-electron chi connectivity index (χ4n) is 4.58. The highest BCUT2D eigenvalue weighted by atomic mass is 32.2. The molecule has 1 saturated carbocycles. The lowest BCUT2D eigenvalue weighted by Crippen LogP contribution is -2.35. The first-order valence-corrected chi connectivity index (χ1v) is 13.6. The summed E-state index contributed by atoms with van der Waals surface area (Å²) in [4.78, 5) is 12.0. The van der Waals surface area contributed by atoms with Gasteiger partial charge >= 0.3 is 6.36 Å². The van der Waals surface area contributed by atoms with Crippen molar-refractivity contribution in [2.75, 3.05) is 36.6 Å². The van der Waals surface area contributed by atoms with Gasteiger partial charge in [-0.1, -0.05) is 24.3 Å². The first-order chi connectivity index (χ1) is 17.2. The summed E-state index contributed by atoms with van der Waals surface area (Å²) in [6.07, 6.45) is -0.659. The lowest BCUT2D eigenvalue weighted by Gasteiger charge is -2.29. The minimum absolute atomic E-state index is 0.122. The fraction of sp³-hybridized carbons (Fsp3) is 0.462. The molecule has 6 nitrogen and oxygen atoms in total. The molecule has 2 N–H and O–H groups in total. The van der Waals surface area contributed by atoms with Crippen molar-refractivity contribution in [3.8, 4) is 5.75 Å². The molecule has 4 rings (SSSR count). The Morgan fingerprint density at radius 1 is 1.00 bits per heavy atom. The summed E-state index contributed by atoms with van der Waals surface area (Å²) < 4.78 is 46.3. The van der Waals surface area contributed by atoms with E-state index in [9.17, 15) is 13.2 Å². The molecule has 194 valence electrons. The number of alkyl halides is 3. The first-order valence-electron chi connectivity index (χ1n) is 12.2. The number of nitrogens with zero attached hydrogens (tertiary/aromatic N) is 3. The van der Waals surface area contributed by atoms with Crippen molar-refractivity contribution in [2.45, 2.75) is 49.9 Å². The Kier molecular flexibility index (Phi) is 8.46. The van der Waals surface area contributed by atoms with Gasteiger partial charge in [-0.05, 0) is 62.8 Å². The van der Waals surface area contributed by atoms with Crippen LogP contribution in [0.2, 0.25) is 0 Å². The second-order valence-corrected chi connectivity index (χ2v) is 11.3. The van der Waals surface area contributed by atoms with Crippen LogP contribution in [0, 0.1) is 5.92 Å². The summed E-state index contributed by atoms with van der Waals surface area (Å²) in [7, 11) is 3.96. The van der Waals surface area contributed by atoms with Crippen LogP contribution in [0.25, 0.3) is 10.9 Å². The normalized spacial score (nSPS) is 19.2. The third-order valence-electron chi connectivity index (χ3n) is 6.36. The van der Waals surface area contributed by atoms with Crippen molar-refractivity contribution in [3.05, 3.63) is 48.5 Å². The fourth-order valence-corrected chi connectivity index (χ4v) is 6.28. The summed E-state index contributed by atoms with van der Waals surface area (Å²) in [6, 6.07) is 14.7. The number of aromatic nitrogens is 2. The monoisotopic (exact) mass is 520 g/mol. The molecule has 3 aromatic rings. The van der Waals surface area contributed by atoms with E-state index in [0.717, 1.165) is 48.9 Å². The van der Waals surface area contributed by atoms with Crippen molar-refractivity contribution in [3.63, 3.8) is 0 Å². The van der Waals surface area contributed by atoms with Crippen LogP contribution in [0.1, 0.15) is 32.6 Å². The summed E-state index contributed by atoms with van der Waals surface area (Å²) in [6.45, 7) is 2.74. The third kappa shape index (κ3) is 6.73. The number of anilines is 2. The van der Waals surface area contributed by atoms with Crippen LogP contribution >= 0.6 is 0 Å². The van der Waals surface area contributed by atoms with Crippen molar-refractivity contribution in [1.82, 2.24) is 14.7 Å². The molecule has 1 heterocycles. The number of hydrogen-bond donors (Lipinski definition) is 2. The summed E-state index contributed by atoms with van der Waals surface area (Å²) in [5.74, 6) is 2.58. The van der Waals surface area contributed by atoms with Crippen LogP contribution in [0.4, 0.5) is 24.9 Å². The second-order valence-electron chi connectivity index (χ2n) is 9.17. The Bertz CT molecular complexity index is 1150. The van der Waals surface area contributed by atoms with Crippen molar-refractivity contribution < 1.29 is 17.9 Å². The minimum atomic E-state index is -4.70. The van der Waals surface area contributed by atoms with E-state index in [-0.39, 0.29) is 5.75 Å². The molecule has 0 spiro atoms. The number of ether oxygens (including phenoxy) is 1. The molecule has 0 saturated heterocycles. The third-order valence-corrected chi connectivity index (χ3v) is 8.32. The van der Waals surface area contributed by atoms with Crippen LogP contribution in [0.3, 0.4) is 0 Å². The maximum atomic E-state index is 12.8. The average molecular weight is 521 g/mol. The van der Waals surface area contributed by atoms with Gasteiger partial charge in [-0.25, -0.2) is 4.98 Å². The quantitative estimate of drug-likeness (QED) is 0.350. The van der Waals surface area contributed by atoms with Crippen LogP contribution < -0.4 is 19.7 Å². The van der Waals surface area contributed by atoms with E-state index in [2.05, 4.69) is 14.8 Å². The molecule has 1 unspecified atom stereocenters. The SMILES string of the molecule is CC[S+](NCC1CCC(Nc2nc(N(C)C)c3ccccc3n2)CC1)c1ccccc1OC(F)(F)F. The molecule has 0 radical (unpaired) electrons. The van der Waals surface area contributed by atoms with E-state index < -0.39 is 17.4 Å².